The molecule has 2 amide bonds. The van der Waals surface area contributed by atoms with Gasteiger partial charge in [0, 0.05) is 24.4 Å². The van der Waals surface area contributed by atoms with E-state index < -0.39 is 0 Å². The molecular weight excluding hydrogens is 380 g/mol. The van der Waals surface area contributed by atoms with E-state index in [0.29, 0.717) is 18.9 Å². The van der Waals surface area contributed by atoms with E-state index in [4.69, 9.17) is 0 Å². The molecule has 29 heavy (non-hydrogen) atoms. The molecule has 0 N–H and O–H groups in total. The molecule has 1 atom stereocenters. The van der Waals surface area contributed by atoms with Crippen molar-refractivity contribution in [1.29, 1.82) is 0 Å². The minimum atomic E-state index is -0.0530. The summed E-state index contributed by atoms with van der Waals surface area (Å²) >= 11 is 1.78. The van der Waals surface area contributed by atoms with Crippen molar-refractivity contribution in [2.75, 3.05) is 19.6 Å². The first kappa shape index (κ1) is 20.1. The second-order valence-corrected chi connectivity index (χ2v) is 9.36. The van der Waals surface area contributed by atoms with Crippen molar-refractivity contribution < 1.29 is 9.59 Å². The zero-order chi connectivity index (χ0) is 20.4. The number of nitrogens with zero attached hydrogens (tertiary/aromatic N) is 2. The number of amides is 2. The maximum atomic E-state index is 13.5. The van der Waals surface area contributed by atoms with Crippen LogP contribution < -0.4 is 0 Å². The first-order chi connectivity index (χ1) is 14.1. The lowest BCUT2D eigenvalue weighted by atomic mass is 9.90. The number of rotatable bonds is 7. The van der Waals surface area contributed by atoms with E-state index in [1.165, 1.54) is 34.4 Å². The Morgan fingerprint density at radius 2 is 1.97 bits per heavy atom. The molecule has 0 radical (unpaired) electrons. The predicted octanol–water partition coefficient (Wildman–Crippen LogP) is 4.57. The van der Waals surface area contributed by atoms with Crippen LogP contribution >= 0.6 is 11.3 Å². The molecular formula is C24H30N2O2S. The highest BCUT2D eigenvalue weighted by atomic mass is 32.1. The first-order valence-electron chi connectivity index (χ1n) is 10.8. The lowest BCUT2D eigenvalue weighted by molar-refractivity contribution is -0.142. The van der Waals surface area contributed by atoms with Crippen LogP contribution in [0.3, 0.4) is 0 Å². The smallest absolute Gasteiger partial charge is 0.242 e. The first-order valence-corrected chi connectivity index (χ1v) is 11.7. The minimum absolute atomic E-state index is 0.0530. The molecule has 1 aliphatic heterocycles. The molecule has 2 aromatic rings. The van der Waals surface area contributed by atoms with E-state index in [1.807, 2.05) is 22.8 Å². The summed E-state index contributed by atoms with van der Waals surface area (Å²) in [6.45, 7) is 5.79. The number of aryl methyl sites for hydroxylation is 1. The minimum Gasteiger partial charge on any atom is -0.333 e. The van der Waals surface area contributed by atoms with Gasteiger partial charge in [0.1, 0.15) is 0 Å². The van der Waals surface area contributed by atoms with Crippen LogP contribution in [-0.2, 0) is 16.0 Å². The number of thiophene rings is 1. The van der Waals surface area contributed by atoms with Crippen molar-refractivity contribution in [2.24, 2.45) is 5.92 Å². The zero-order valence-corrected chi connectivity index (χ0v) is 18.2. The molecule has 154 valence electrons. The van der Waals surface area contributed by atoms with Crippen LogP contribution in [0.1, 0.15) is 60.2 Å². The standard InChI is InChI=1S/C24H30N2O2S/c1-3-6-22(27)25(15-18-9-10-18)16-23(28)26-13-11-21-20(12-14-29-21)24(26)19-8-5-4-7-17(19)2/h4-5,7-8,12,14,18,24H,3,6,9-11,13,15-16H2,1-2H3/t24-/m0/s1. The van der Waals surface area contributed by atoms with Crippen LogP contribution in [0.15, 0.2) is 35.7 Å². The number of hydrogen-bond acceptors (Lipinski definition) is 3. The second kappa shape index (κ2) is 8.70. The monoisotopic (exact) mass is 410 g/mol. The van der Waals surface area contributed by atoms with Crippen LogP contribution in [0.4, 0.5) is 0 Å². The van der Waals surface area contributed by atoms with Crippen molar-refractivity contribution in [1.82, 2.24) is 9.80 Å². The molecule has 0 unspecified atom stereocenters. The quantitative estimate of drug-likeness (QED) is 0.671. The SMILES string of the molecule is CCCC(=O)N(CC(=O)N1CCc2sccc2[C@@H]1c1ccccc1C)CC1CC1. The van der Waals surface area contributed by atoms with Gasteiger partial charge in [0.2, 0.25) is 11.8 Å². The third kappa shape index (κ3) is 4.40. The van der Waals surface area contributed by atoms with Crippen molar-refractivity contribution in [3.63, 3.8) is 0 Å². The van der Waals surface area contributed by atoms with E-state index in [0.717, 1.165) is 19.4 Å². The predicted molar refractivity (Wildman–Crippen MR) is 117 cm³/mol. The number of fused-ring (bicyclic) bond motifs is 1. The topological polar surface area (TPSA) is 40.6 Å². The fraction of sp³-hybridized carbons (Fsp3) is 0.500. The highest BCUT2D eigenvalue weighted by Gasteiger charge is 2.35. The molecule has 1 aromatic heterocycles. The number of carbonyl (C=O) groups is 2. The molecule has 1 aliphatic carbocycles. The Balaban J connectivity index is 1.60. The van der Waals surface area contributed by atoms with Crippen molar-refractivity contribution >= 4 is 23.2 Å². The Hall–Kier alpha value is -2.14. The average molecular weight is 411 g/mol. The van der Waals surface area contributed by atoms with Gasteiger partial charge >= 0.3 is 0 Å². The Kier molecular flexibility index (Phi) is 6.04. The normalized spacial score (nSPS) is 18.4. The van der Waals surface area contributed by atoms with Gasteiger partial charge in [-0.3, -0.25) is 9.59 Å². The molecule has 1 fully saturated rings. The maximum Gasteiger partial charge on any atom is 0.242 e. The van der Waals surface area contributed by atoms with E-state index in [-0.39, 0.29) is 24.4 Å². The number of hydrogen-bond donors (Lipinski definition) is 0. The Morgan fingerprint density at radius 1 is 1.17 bits per heavy atom. The second-order valence-electron chi connectivity index (χ2n) is 8.36. The molecule has 1 saturated carbocycles. The summed E-state index contributed by atoms with van der Waals surface area (Å²) in [5.74, 6) is 0.772. The molecule has 0 saturated heterocycles. The van der Waals surface area contributed by atoms with Crippen LogP contribution in [0.2, 0.25) is 0 Å². The Labute approximate surface area is 177 Å². The summed E-state index contributed by atoms with van der Waals surface area (Å²) < 4.78 is 0. The largest absolute Gasteiger partial charge is 0.333 e. The molecule has 1 aromatic carbocycles. The van der Waals surface area contributed by atoms with Crippen LogP contribution in [0.5, 0.6) is 0 Å². The van der Waals surface area contributed by atoms with E-state index in [9.17, 15) is 9.59 Å². The van der Waals surface area contributed by atoms with Gasteiger partial charge in [-0.1, -0.05) is 31.2 Å². The zero-order valence-electron chi connectivity index (χ0n) is 17.4. The summed E-state index contributed by atoms with van der Waals surface area (Å²) in [5.41, 5.74) is 3.64. The highest BCUT2D eigenvalue weighted by molar-refractivity contribution is 7.10. The van der Waals surface area contributed by atoms with Crippen molar-refractivity contribution in [3.05, 3.63) is 57.3 Å². The molecule has 4 nitrogen and oxygen atoms in total. The molecule has 0 bridgehead atoms. The highest BCUT2D eigenvalue weighted by Crippen LogP contribution is 2.39. The summed E-state index contributed by atoms with van der Waals surface area (Å²) in [4.78, 5) is 31.3. The number of carbonyl (C=O) groups excluding carboxylic acids is 2. The third-order valence-electron chi connectivity index (χ3n) is 6.09. The molecule has 2 heterocycles. The Morgan fingerprint density at radius 3 is 2.69 bits per heavy atom. The van der Waals surface area contributed by atoms with E-state index >= 15 is 0 Å². The van der Waals surface area contributed by atoms with Crippen LogP contribution in [-0.4, -0.2) is 41.2 Å². The lowest BCUT2D eigenvalue weighted by Gasteiger charge is -2.38. The summed E-state index contributed by atoms with van der Waals surface area (Å²) in [5, 5.41) is 2.13. The van der Waals surface area contributed by atoms with Gasteiger partial charge in [-0.05, 0) is 66.7 Å². The van der Waals surface area contributed by atoms with Gasteiger partial charge < -0.3 is 9.80 Å². The summed E-state index contributed by atoms with van der Waals surface area (Å²) in [7, 11) is 0. The summed E-state index contributed by atoms with van der Waals surface area (Å²) in [6, 6.07) is 10.5. The Bertz CT molecular complexity index is 887. The van der Waals surface area contributed by atoms with Crippen LogP contribution in [0, 0.1) is 12.8 Å². The number of benzene rings is 1. The third-order valence-corrected chi connectivity index (χ3v) is 7.08. The van der Waals surface area contributed by atoms with Gasteiger partial charge in [0.25, 0.3) is 0 Å². The van der Waals surface area contributed by atoms with Crippen molar-refractivity contribution in [3.8, 4) is 0 Å². The fourth-order valence-corrected chi connectivity index (χ4v) is 5.21. The van der Waals surface area contributed by atoms with E-state index in [2.05, 4.69) is 36.6 Å². The van der Waals surface area contributed by atoms with Gasteiger partial charge in [-0.25, -0.2) is 0 Å². The van der Waals surface area contributed by atoms with Gasteiger partial charge in [0.15, 0.2) is 0 Å². The maximum absolute atomic E-state index is 13.5. The summed E-state index contributed by atoms with van der Waals surface area (Å²) in [6.07, 6.45) is 4.60. The van der Waals surface area contributed by atoms with E-state index in [1.54, 1.807) is 11.3 Å². The lowest BCUT2D eigenvalue weighted by Crippen LogP contribution is -2.47. The fourth-order valence-electron chi connectivity index (χ4n) is 4.31. The molecule has 0 spiro atoms. The molecule has 4 rings (SSSR count). The average Bonchev–Trinajstić information content (AvgIpc) is 3.40. The van der Waals surface area contributed by atoms with Gasteiger partial charge in [-0.15, -0.1) is 11.3 Å². The van der Waals surface area contributed by atoms with Crippen LogP contribution in [0.25, 0.3) is 0 Å². The van der Waals surface area contributed by atoms with Gasteiger partial charge in [-0.2, -0.15) is 0 Å². The molecule has 5 heteroatoms. The molecule has 2 aliphatic rings. The van der Waals surface area contributed by atoms with Gasteiger partial charge in [0.05, 0.1) is 12.6 Å². The van der Waals surface area contributed by atoms with Crippen molar-refractivity contribution in [2.45, 2.75) is 52.0 Å².